The number of nitrogens with one attached hydrogen (secondary N) is 2. The first kappa shape index (κ1) is 17.3. The molecular weight excluding hydrogens is 363 g/mol. The minimum atomic E-state index is -0.192. The quantitative estimate of drug-likeness (QED) is 0.702. The van der Waals surface area contributed by atoms with Gasteiger partial charge in [0.2, 0.25) is 11.7 Å². The van der Waals surface area contributed by atoms with Crippen LogP contribution in [0.4, 0.5) is 5.69 Å². The standard InChI is InChI=1S/C17H14Cl2N4O2/c1-20-17(24)11-4-7-13(19)14(8-11)21-9-15-22-16(23-25-15)10-2-5-12(18)6-3-10/h2-8,21H,9H2,1H3,(H,20,24). The van der Waals surface area contributed by atoms with Crippen LogP contribution in [-0.4, -0.2) is 23.1 Å². The van der Waals surface area contributed by atoms with Gasteiger partial charge in [0.1, 0.15) is 0 Å². The molecule has 1 aromatic heterocycles. The molecule has 3 rings (SSSR count). The Morgan fingerprint density at radius 2 is 1.92 bits per heavy atom. The lowest BCUT2D eigenvalue weighted by Crippen LogP contribution is -2.17. The predicted octanol–water partition coefficient (Wildman–Crippen LogP) is 4.02. The zero-order valence-electron chi connectivity index (χ0n) is 13.2. The van der Waals surface area contributed by atoms with Crippen LogP contribution in [-0.2, 0) is 6.54 Å². The molecule has 8 heteroatoms. The van der Waals surface area contributed by atoms with E-state index in [1.54, 1.807) is 37.4 Å². The van der Waals surface area contributed by atoms with Crippen LogP contribution in [0, 0.1) is 0 Å². The molecule has 0 radical (unpaired) electrons. The second-order valence-electron chi connectivity index (χ2n) is 5.15. The van der Waals surface area contributed by atoms with E-state index in [2.05, 4.69) is 20.8 Å². The van der Waals surface area contributed by atoms with E-state index in [1.165, 1.54) is 0 Å². The number of hydrogen-bond donors (Lipinski definition) is 2. The molecule has 2 N–H and O–H groups in total. The van der Waals surface area contributed by atoms with E-state index in [0.29, 0.717) is 33.0 Å². The van der Waals surface area contributed by atoms with Gasteiger partial charge in [-0.2, -0.15) is 4.98 Å². The Bertz CT molecular complexity index is 894. The summed E-state index contributed by atoms with van der Waals surface area (Å²) in [5, 5.41) is 10.7. The van der Waals surface area contributed by atoms with E-state index in [0.717, 1.165) is 5.56 Å². The highest BCUT2D eigenvalue weighted by atomic mass is 35.5. The highest BCUT2D eigenvalue weighted by Crippen LogP contribution is 2.24. The van der Waals surface area contributed by atoms with Crippen LogP contribution in [0.2, 0.25) is 10.0 Å². The van der Waals surface area contributed by atoms with E-state index in [4.69, 9.17) is 27.7 Å². The van der Waals surface area contributed by atoms with Gasteiger partial charge in [-0.3, -0.25) is 4.79 Å². The number of halogens is 2. The van der Waals surface area contributed by atoms with Gasteiger partial charge in [-0.1, -0.05) is 28.4 Å². The second-order valence-corrected chi connectivity index (χ2v) is 5.99. The summed E-state index contributed by atoms with van der Waals surface area (Å²) in [5.74, 6) is 0.674. The zero-order valence-corrected chi connectivity index (χ0v) is 14.7. The Kier molecular flexibility index (Phi) is 5.21. The van der Waals surface area contributed by atoms with E-state index in [1.807, 2.05) is 12.1 Å². The number of amides is 1. The Morgan fingerprint density at radius 1 is 1.16 bits per heavy atom. The lowest BCUT2D eigenvalue weighted by atomic mass is 10.2. The molecule has 2 aromatic carbocycles. The second kappa shape index (κ2) is 7.55. The molecular formula is C17H14Cl2N4O2. The van der Waals surface area contributed by atoms with Crippen LogP contribution in [0.3, 0.4) is 0 Å². The molecule has 0 spiro atoms. The van der Waals surface area contributed by atoms with Gasteiger partial charge < -0.3 is 15.2 Å². The number of aromatic nitrogens is 2. The van der Waals surface area contributed by atoms with Gasteiger partial charge in [-0.15, -0.1) is 0 Å². The summed E-state index contributed by atoms with van der Waals surface area (Å²) in [6.07, 6.45) is 0. The summed E-state index contributed by atoms with van der Waals surface area (Å²) in [4.78, 5) is 16.0. The highest BCUT2D eigenvalue weighted by molar-refractivity contribution is 6.33. The van der Waals surface area contributed by atoms with Gasteiger partial charge in [0, 0.05) is 23.2 Å². The molecule has 0 fully saturated rings. The van der Waals surface area contributed by atoms with Crippen LogP contribution in [0.15, 0.2) is 47.0 Å². The molecule has 25 heavy (non-hydrogen) atoms. The monoisotopic (exact) mass is 376 g/mol. The van der Waals surface area contributed by atoms with Crippen molar-refractivity contribution in [2.45, 2.75) is 6.54 Å². The highest BCUT2D eigenvalue weighted by Gasteiger charge is 2.11. The molecule has 0 aliphatic carbocycles. The van der Waals surface area contributed by atoms with Gasteiger partial charge >= 0.3 is 0 Å². The predicted molar refractivity (Wildman–Crippen MR) is 96.9 cm³/mol. The molecule has 0 saturated heterocycles. The van der Waals surface area contributed by atoms with Crippen molar-refractivity contribution in [1.82, 2.24) is 15.5 Å². The maximum Gasteiger partial charge on any atom is 0.251 e. The molecule has 0 saturated carbocycles. The molecule has 0 unspecified atom stereocenters. The Morgan fingerprint density at radius 3 is 2.64 bits per heavy atom. The van der Waals surface area contributed by atoms with Crippen molar-refractivity contribution >= 4 is 34.8 Å². The summed E-state index contributed by atoms with van der Waals surface area (Å²) in [7, 11) is 1.57. The molecule has 0 bridgehead atoms. The van der Waals surface area contributed by atoms with E-state index in [-0.39, 0.29) is 12.5 Å². The fourth-order valence-corrected chi connectivity index (χ4v) is 2.47. The number of benzene rings is 2. The SMILES string of the molecule is CNC(=O)c1ccc(Cl)c(NCc2nc(-c3ccc(Cl)cc3)no2)c1. The smallest absolute Gasteiger partial charge is 0.251 e. The van der Waals surface area contributed by atoms with Crippen molar-refractivity contribution < 1.29 is 9.32 Å². The number of anilines is 1. The number of hydrogen-bond acceptors (Lipinski definition) is 5. The van der Waals surface area contributed by atoms with E-state index in [9.17, 15) is 4.79 Å². The Labute approximate surface area is 154 Å². The van der Waals surface area contributed by atoms with Crippen LogP contribution in [0.5, 0.6) is 0 Å². The summed E-state index contributed by atoms with van der Waals surface area (Å²) in [5.41, 5.74) is 1.91. The summed E-state index contributed by atoms with van der Waals surface area (Å²) in [6, 6.07) is 12.1. The molecule has 0 aliphatic rings. The van der Waals surface area contributed by atoms with Crippen molar-refractivity contribution in [3.63, 3.8) is 0 Å². The van der Waals surface area contributed by atoms with Crippen LogP contribution < -0.4 is 10.6 Å². The third kappa shape index (κ3) is 4.10. The Hall–Kier alpha value is -2.57. The first-order valence-corrected chi connectivity index (χ1v) is 8.16. The number of carbonyl (C=O) groups excluding carboxylic acids is 1. The summed E-state index contributed by atoms with van der Waals surface area (Å²) in [6.45, 7) is 0.275. The maximum absolute atomic E-state index is 11.7. The molecule has 0 aliphatic heterocycles. The van der Waals surface area contributed by atoms with Gasteiger partial charge in [-0.05, 0) is 42.5 Å². The van der Waals surface area contributed by atoms with Gasteiger partial charge in [-0.25, -0.2) is 0 Å². The minimum Gasteiger partial charge on any atom is -0.375 e. The molecule has 6 nitrogen and oxygen atoms in total. The first-order valence-electron chi connectivity index (χ1n) is 7.41. The number of carbonyl (C=O) groups is 1. The van der Waals surface area contributed by atoms with Crippen LogP contribution >= 0.6 is 23.2 Å². The minimum absolute atomic E-state index is 0.192. The third-order valence-electron chi connectivity index (χ3n) is 3.46. The van der Waals surface area contributed by atoms with E-state index < -0.39 is 0 Å². The van der Waals surface area contributed by atoms with Crippen LogP contribution in [0.1, 0.15) is 16.2 Å². The van der Waals surface area contributed by atoms with Crippen molar-refractivity contribution in [3.8, 4) is 11.4 Å². The summed E-state index contributed by atoms with van der Waals surface area (Å²) >= 11 is 12.0. The fourth-order valence-electron chi connectivity index (χ4n) is 2.16. The number of rotatable bonds is 5. The average Bonchev–Trinajstić information content (AvgIpc) is 3.10. The van der Waals surface area contributed by atoms with Gasteiger partial charge in [0.25, 0.3) is 5.91 Å². The van der Waals surface area contributed by atoms with Crippen molar-refractivity contribution in [2.75, 3.05) is 12.4 Å². The maximum atomic E-state index is 11.7. The molecule has 1 amide bonds. The molecule has 0 atom stereocenters. The van der Waals surface area contributed by atoms with Crippen molar-refractivity contribution in [2.24, 2.45) is 0 Å². The van der Waals surface area contributed by atoms with Crippen molar-refractivity contribution in [1.29, 1.82) is 0 Å². The largest absolute Gasteiger partial charge is 0.375 e. The first-order chi connectivity index (χ1) is 12.1. The molecule has 128 valence electrons. The van der Waals surface area contributed by atoms with Gasteiger partial charge in [0.15, 0.2) is 0 Å². The summed E-state index contributed by atoms with van der Waals surface area (Å²) < 4.78 is 5.23. The van der Waals surface area contributed by atoms with E-state index >= 15 is 0 Å². The molecule has 3 aromatic rings. The number of nitrogens with zero attached hydrogens (tertiary/aromatic N) is 2. The van der Waals surface area contributed by atoms with Crippen LogP contribution in [0.25, 0.3) is 11.4 Å². The zero-order chi connectivity index (χ0) is 17.8. The fraction of sp³-hybridized carbons (Fsp3) is 0.118. The lowest BCUT2D eigenvalue weighted by molar-refractivity contribution is 0.0963. The average molecular weight is 377 g/mol. The normalized spacial score (nSPS) is 10.5. The molecule has 1 heterocycles. The Balaban J connectivity index is 1.72. The van der Waals surface area contributed by atoms with Gasteiger partial charge in [0.05, 0.1) is 17.3 Å². The lowest BCUT2D eigenvalue weighted by Gasteiger charge is -2.08. The van der Waals surface area contributed by atoms with Crippen molar-refractivity contribution in [3.05, 3.63) is 64.0 Å². The third-order valence-corrected chi connectivity index (χ3v) is 4.04. The topological polar surface area (TPSA) is 80.0 Å².